The van der Waals surface area contributed by atoms with Crippen LogP contribution in [-0.4, -0.2) is 55.9 Å². The van der Waals surface area contributed by atoms with Crippen LogP contribution in [0.4, 0.5) is 11.6 Å². The third-order valence-electron chi connectivity index (χ3n) is 4.96. The largest absolute Gasteiger partial charge is 0.352 e. The van der Waals surface area contributed by atoms with Gasteiger partial charge in [-0.05, 0) is 18.2 Å². The number of fused-ring (bicyclic) bond motifs is 2. The molecular formula is C18H17BrN8. The number of aryl methyl sites for hydroxylation is 1. The van der Waals surface area contributed by atoms with Crippen molar-refractivity contribution in [3.63, 3.8) is 0 Å². The predicted molar refractivity (Wildman–Crippen MR) is 108 cm³/mol. The van der Waals surface area contributed by atoms with Crippen molar-refractivity contribution in [3.05, 3.63) is 41.5 Å². The van der Waals surface area contributed by atoms with Crippen molar-refractivity contribution in [3.8, 4) is 0 Å². The molecule has 4 heterocycles. The van der Waals surface area contributed by atoms with Crippen LogP contribution in [0.1, 0.15) is 0 Å². The molecule has 0 radical (unpaired) electrons. The van der Waals surface area contributed by atoms with Crippen LogP contribution in [0.25, 0.3) is 21.9 Å². The molecule has 1 aromatic carbocycles. The van der Waals surface area contributed by atoms with E-state index >= 15 is 0 Å². The SMILES string of the molecule is Cn1ncc2c(N3CCN(c4ncnc5ccc(Br)cc45)CC3)ncnc21. The zero-order valence-corrected chi connectivity index (χ0v) is 16.3. The van der Waals surface area contributed by atoms with Gasteiger partial charge in [-0.15, -0.1) is 0 Å². The second kappa shape index (κ2) is 6.41. The number of halogens is 1. The monoisotopic (exact) mass is 424 g/mol. The van der Waals surface area contributed by atoms with Crippen LogP contribution in [0.3, 0.4) is 0 Å². The molecule has 1 fully saturated rings. The summed E-state index contributed by atoms with van der Waals surface area (Å²) >= 11 is 3.55. The summed E-state index contributed by atoms with van der Waals surface area (Å²) in [6.45, 7) is 3.45. The quantitative estimate of drug-likeness (QED) is 0.488. The summed E-state index contributed by atoms with van der Waals surface area (Å²) in [4.78, 5) is 22.4. The Labute approximate surface area is 164 Å². The molecule has 1 saturated heterocycles. The molecule has 5 rings (SSSR count). The van der Waals surface area contributed by atoms with Crippen molar-refractivity contribution < 1.29 is 0 Å². The predicted octanol–water partition coefficient (Wildman–Crippen LogP) is 2.40. The number of piperazine rings is 1. The average molecular weight is 425 g/mol. The molecule has 136 valence electrons. The van der Waals surface area contributed by atoms with Gasteiger partial charge in [0.15, 0.2) is 5.65 Å². The van der Waals surface area contributed by atoms with Gasteiger partial charge in [0.05, 0.1) is 17.1 Å². The van der Waals surface area contributed by atoms with Gasteiger partial charge >= 0.3 is 0 Å². The maximum Gasteiger partial charge on any atom is 0.163 e. The molecule has 3 aromatic heterocycles. The Morgan fingerprint density at radius 1 is 0.852 bits per heavy atom. The van der Waals surface area contributed by atoms with Crippen LogP contribution in [-0.2, 0) is 7.05 Å². The molecule has 0 unspecified atom stereocenters. The number of nitrogens with zero attached hydrogens (tertiary/aromatic N) is 8. The lowest BCUT2D eigenvalue weighted by Crippen LogP contribution is -2.47. The minimum Gasteiger partial charge on any atom is -0.352 e. The molecule has 9 heteroatoms. The van der Waals surface area contributed by atoms with Crippen molar-refractivity contribution in [1.82, 2.24) is 29.7 Å². The van der Waals surface area contributed by atoms with Crippen LogP contribution in [0, 0.1) is 0 Å². The Morgan fingerprint density at radius 3 is 2.26 bits per heavy atom. The van der Waals surface area contributed by atoms with Gasteiger partial charge in [-0.3, -0.25) is 4.68 Å². The zero-order chi connectivity index (χ0) is 18.4. The van der Waals surface area contributed by atoms with Crippen molar-refractivity contribution in [2.75, 3.05) is 36.0 Å². The number of hydrogen-bond donors (Lipinski definition) is 0. The lowest BCUT2D eigenvalue weighted by molar-refractivity contribution is 0.644. The minimum atomic E-state index is 0.856. The Bertz CT molecular complexity index is 1130. The first-order valence-electron chi connectivity index (χ1n) is 8.73. The summed E-state index contributed by atoms with van der Waals surface area (Å²) in [5, 5.41) is 6.37. The lowest BCUT2D eigenvalue weighted by Gasteiger charge is -2.36. The van der Waals surface area contributed by atoms with E-state index in [-0.39, 0.29) is 0 Å². The first-order chi connectivity index (χ1) is 13.2. The minimum absolute atomic E-state index is 0.856. The van der Waals surface area contributed by atoms with Crippen molar-refractivity contribution in [2.45, 2.75) is 0 Å². The smallest absolute Gasteiger partial charge is 0.163 e. The van der Waals surface area contributed by atoms with E-state index in [1.807, 2.05) is 25.4 Å². The highest BCUT2D eigenvalue weighted by Crippen LogP contribution is 2.28. The Kier molecular flexibility index (Phi) is 3.89. The molecule has 27 heavy (non-hydrogen) atoms. The van der Waals surface area contributed by atoms with E-state index in [9.17, 15) is 0 Å². The number of anilines is 2. The molecular weight excluding hydrogens is 408 g/mol. The fourth-order valence-electron chi connectivity index (χ4n) is 3.60. The van der Waals surface area contributed by atoms with Gasteiger partial charge in [0.2, 0.25) is 0 Å². The molecule has 8 nitrogen and oxygen atoms in total. The molecule has 0 bridgehead atoms. The van der Waals surface area contributed by atoms with Crippen LogP contribution in [0.2, 0.25) is 0 Å². The standard InChI is InChI=1S/C18H17BrN8/c1-25-16-14(9-24-25)18(23-11-21-16)27-6-4-26(5-7-27)17-13-8-12(19)2-3-15(13)20-10-22-17/h2-3,8-11H,4-7H2,1H3. The lowest BCUT2D eigenvalue weighted by atomic mass is 10.2. The second-order valence-corrected chi connectivity index (χ2v) is 7.45. The van der Waals surface area contributed by atoms with Crippen molar-refractivity contribution in [2.24, 2.45) is 7.05 Å². The fraction of sp³-hybridized carbons (Fsp3) is 0.278. The number of benzene rings is 1. The van der Waals surface area contributed by atoms with E-state index in [1.54, 1.807) is 17.3 Å². The Balaban J connectivity index is 1.43. The maximum atomic E-state index is 4.56. The van der Waals surface area contributed by atoms with Gasteiger partial charge in [-0.25, -0.2) is 19.9 Å². The van der Waals surface area contributed by atoms with Gasteiger partial charge in [0.25, 0.3) is 0 Å². The molecule has 0 aliphatic carbocycles. The Hall–Kier alpha value is -2.81. The summed E-state index contributed by atoms with van der Waals surface area (Å²) in [6.07, 6.45) is 5.09. The first-order valence-corrected chi connectivity index (χ1v) is 9.53. The van der Waals surface area contributed by atoms with Gasteiger partial charge < -0.3 is 9.80 Å². The van der Waals surface area contributed by atoms with E-state index in [0.29, 0.717) is 0 Å². The van der Waals surface area contributed by atoms with E-state index in [0.717, 1.165) is 64.2 Å². The highest BCUT2D eigenvalue weighted by Gasteiger charge is 2.23. The van der Waals surface area contributed by atoms with Crippen LogP contribution in [0.5, 0.6) is 0 Å². The molecule has 0 saturated carbocycles. The van der Waals surface area contributed by atoms with Crippen LogP contribution < -0.4 is 9.80 Å². The van der Waals surface area contributed by atoms with Gasteiger partial charge in [-0.2, -0.15) is 5.10 Å². The molecule has 0 atom stereocenters. The fourth-order valence-corrected chi connectivity index (χ4v) is 3.96. The van der Waals surface area contributed by atoms with E-state index in [4.69, 9.17) is 0 Å². The summed E-state index contributed by atoms with van der Waals surface area (Å²) in [5.41, 5.74) is 1.81. The summed E-state index contributed by atoms with van der Waals surface area (Å²) in [6, 6.07) is 6.10. The molecule has 0 amide bonds. The number of rotatable bonds is 2. The second-order valence-electron chi connectivity index (χ2n) is 6.54. The summed E-state index contributed by atoms with van der Waals surface area (Å²) in [7, 11) is 1.90. The van der Waals surface area contributed by atoms with Gasteiger partial charge in [-0.1, -0.05) is 15.9 Å². The maximum absolute atomic E-state index is 4.56. The van der Waals surface area contributed by atoms with E-state index in [1.165, 1.54) is 0 Å². The zero-order valence-electron chi connectivity index (χ0n) is 14.7. The Morgan fingerprint density at radius 2 is 1.52 bits per heavy atom. The van der Waals surface area contributed by atoms with Crippen LogP contribution >= 0.6 is 15.9 Å². The van der Waals surface area contributed by atoms with E-state index < -0.39 is 0 Å². The molecule has 4 aromatic rings. The molecule has 1 aliphatic rings. The molecule has 1 aliphatic heterocycles. The van der Waals surface area contributed by atoms with Gasteiger partial charge in [0.1, 0.15) is 24.3 Å². The topological polar surface area (TPSA) is 75.9 Å². The summed E-state index contributed by atoms with van der Waals surface area (Å²) in [5.74, 6) is 1.93. The van der Waals surface area contributed by atoms with Gasteiger partial charge in [0, 0.05) is 43.1 Å². The highest BCUT2D eigenvalue weighted by molar-refractivity contribution is 9.10. The molecule has 0 spiro atoms. The first kappa shape index (κ1) is 16.4. The third kappa shape index (κ3) is 2.78. The van der Waals surface area contributed by atoms with E-state index in [2.05, 4.69) is 56.8 Å². The van der Waals surface area contributed by atoms with Crippen LogP contribution in [0.15, 0.2) is 41.5 Å². The highest BCUT2D eigenvalue weighted by atomic mass is 79.9. The summed E-state index contributed by atoms with van der Waals surface area (Å²) < 4.78 is 2.81. The number of aromatic nitrogens is 6. The van der Waals surface area contributed by atoms with Crippen molar-refractivity contribution >= 4 is 49.5 Å². The normalized spacial score (nSPS) is 15.0. The molecule has 0 N–H and O–H groups in total. The van der Waals surface area contributed by atoms with Crippen molar-refractivity contribution in [1.29, 1.82) is 0 Å². The average Bonchev–Trinajstić information content (AvgIpc) is 3.09. The third-order valence-corrected chi connectivity index (χ3v) is 5.46. The number of hydrogen-bond acceptors (Lipinski definition) is 7.